The summed E-state index contributed by atoms with van der Waals surface area (Å²) in [6.45, 7) is 3.40. The van der Waals surface area contributed by atoms with Gasteiger partial charge in [0.25, 0.3) is 11.2 Å². The number of rotatable bonds is 3. The normalized spacial score (nSPS) is 18.7. The highest BCUT2D eigenvalue weighted by atomic mass is 16.5. The predicted molar refractivity (Wildman–Crippen MR) is 109 cm³/mol. The molecule has 2 fully saturated rings. The number of nitrogens with one attached hydrogen (secondary N) is 2. The first-order chi connectivity index (χ1) is 14.3. The summed E-state index contributed by atoms with van der Waals surface area (Å²) in [4.78, 5) is 12.5. The number of nitrogens with two attached hydrogens (primary N) is 2. The van der Waals surface area contributed by atoms with Gasteiger partial charge in [0.05, 0.1) is 0 Å². The number of hydrogen-bond acceptors (Lipinski definition) is 10. The van der Waals surface area contributed by atoms with Gasteiger partial charge >= 0.3 is 0 Å². The monoisotopic (exact) mass is 416 g/mol. The molecule has 4 rings (SSSR count). The number of nitrogen functional groups attached to an aromatic ring is 2. The van der Waals surface area contributed by atoms with E-state index in [1.54, 1.807) is 12.1 Å². The van der Waals surface area contributed by atoms with Crippen LogP contribution in [0.15, 0.2) is 12.1 Å². The summed E-state index contributed by atoms with van der Waals surface area (Å²) < 4.78 is 1.14. The lowest BCUT2D eigenvalue weighted by molar-refractivity contribution is 0.171. The van der Waals surface area contributed by atoms with E-state index in [0.29, 0.717) is 32.9 Å². The Morgan fingerprint density at radius 3 is 1.37 bits per heavy atom. The summed E-state index contributed by atoms with van der Waals surface area (Å²) in [6.07, 6.45) is 4.19. The molecule has 2 saturated heterocycles. The van der Waals surface area contributed by atoms with Gasteiger partial charge in [0, 0.05) is 38.3 Å². The van der Waals surface area contributed by atoms with Crippen molar-refractivity contribution >= 4 is 23.3 Å². The first kappa shape index (κ1) is 19.9. The number of hydrogen-bond donors (Lipinski definition) is 6. The Labute approximate surface area is 172 Å². The molecule has 2 aromatic heterocycles. The zero-order chi connectivity index (χ0) is 21.4. The molecule has 12 heteroatoms. The topological polar surface area (TPSA) is 182 Å². The number of aromatic nitrogens is 4. The van der Waals surface area contributed by atoms with Gasteiger partial charge in [0.15, 0.2) is 0 Å². The molecule has 0 bridgehead atoms. The van der Waals surface area contributed by atoms with E-state index in [0.717, 1.165) is 51.9 Å². The van der Waals surface area contributed by atoms with Crippen LogP contribution in [-0.4, -0.2) is 56.0 Å². The standard InChI is InChI=1S/C18H28N10O2/c19-13-9-15(23-17(21)27(13)29)25-5-1-11(2-6-25)12-3-7-26(8-4-12)16-10-14(20)28(30)18(22)24-16/h9-12,21-22,29-30H,1-8,19-20H2. The van der Waals surface area contributed by atoms with Gasteiger partial charge in [-0.2, -0.15) is 9.97 Å². The lowest BCUT2D eigenvalue weighted by atomic mass is 9.79. The highest BCUT2D eigenvalue weighted by Crippen LogP contribution is 2.34. The van der Waals surface area contributed by atoms with E-state index in [1.807, 2.05) is 0 Å². The molecule has 2 aliphatic heterocycles. The fourth-order valence-electron chi connectivity index (χ4n) is 4.53. The minimum absolute atomic E-state index is 0.109. The Bertz CT molecular complexity index is 949. The van der Waals surface area contributed by atoms with Gasteiger partial charge < -0.3 is 31.7 Å². The maximum absolute atomic E-state index is 9.57. The fourth-order valence-corrected chi connectivity index (χ4v) is 4.53. The van der Waals surface area contributed by atoms with E-state index >= 15 is 0 Å². The lowest BCUT2D eigenvalue weighted by Crippen LogP contribution is -2.42. The van der Waals surface area contributed by atoms with Crippen LogP contribution < -0.4 is 32.5 Å². The van der Waals surface area contributed by atoms with Crippen LogP contribution in [0, 0.1) is 22.7 Å². The third-order valence-corrected chi connectivity index (χ3v) is 6.28. The molecule has 0 radical (unpaired) electrons. The van der Waals surface area contributed by atoms with Crippen molar-refractivity contribution in [3.05, 3.63) is 23.4 Å². The van der Waals surface area contributed by atoms with Gasteiger partial charge in [-0.05, 0) is 37.5 Å². The van der Waals surface area contributed by atoms with Crippen LogP contribution in [0.3, 0.4) is 0 Å². The summed E-state index contributed by atoms with van der Waals surface area (Å²) in [6, 6.07) is 3.21. The molecule has 0 atom stereocenters. The van der Waals surface area contributed by atoms with Crippen LogP contribution in [0.4, 0.5) is 23.3 Å². The second-order valence-electron chi connectivity index (χ2n) is 8.00. The zero-order valence-corrected chi connectivity index (χ0v) is 16.7. The van der Waals surface area contributed by atoms with Crippen LogP contribution in [0.5, 0.6) is 0 Å². The Morgan fingerprint density at radius 2 is 1.07 bits per heavy atom. The van der Waals surface area contributed by atoms with Crippen molar-refractivity contribution in [1.82, 2.24) is 19.4 Å². The van der Waals surface area contributed by atoms with Crippen LogP contribution >= 0.6 is 0 Å². The van der Waals surface area contributed by atoms with Gasteiger partial charge in [0.2, 0.25) is 0 Å². The average molecular weight is 416 g/mol. The van der Waals surface area contributed by atoms with Crippen LogP contribution in [0.1, 0.15) is 25.7 Å². The zero-order valence-electron chi connectivity index (χ0n) is 16.7. The molecule has 0 amide bonds. The summed E-state index contributed by atoms with van der Waals surface area (Å²) in [7, 11) is 0. The third-order valence-electron chi connectivity index (χ3n) is 6.28. The SMILES string of the molecule is N=c1nc(N2CCC(C3CCN(c4cc(N)n(O)c(=N)n4)CC3)CC2)cc(N)n1O. The molecule has 0 aliphatic carbocycles. The minimum Gasteiger partial charge on any atom is -0.423 e. The van der Waals surface area contributed by atoms with Crippen molar-refractivity contribution in [2.75, 3.05) is 47.4 Å². The van der Waals surface area contributed by atoms with Gasteiger partial charge in [-0.3, -0.25) is 10.8 Å². The van der Waals surface area contributed by atoms with E-state index < -0.39 is 0 Å². The van der Waals surface area contributed by atoms with Crippen LogP contribution in [0.25, 0.3) is 0 Å². The first-order valence-corrected chi connectivity index (χ1v) is 10.1. The molecular formula is C18H28N10O2. The van der Waals surface area contributed by atoms with Gasteiger partial charge in [-0.15, -0.1) is 9.46 Å². The molecule has 8 N–H and O–H groups in total. The second kappa shape index (κ2) is 7.76. The van der Waals surface area contributed by atoms with Gasteiger partial charge in [-0.25, -0.2) is 0 Å². The van der Waals surface area contributed by atoms with Crippen molar-refractivity contribution in [2.45, 2.75) is 25.7 Å². The van der Waals surface area contributed by atoms with E-state index in [2.05, 4.69) is 19.8 Å². The summed E-state index contributed by atoms with van der Waals surface area (Å²) >= 11 is 0. The van der Waals surface area contributed by atoms with Gasteiger partial charge in [0.1, 0.15) is 23.3 Å². The molecule has 30 heavy (non-hydrogen) atoms. The Hall–Kier alpha value is -3.44. The van der Waals surface area contributed by atoms with Crippen molar-refractivity contribution in [2.24, 2.45) is 11.8 Å². The molecule has 0 saturated carbocycles. The van der Waals surface area contributed by atoms with Crippen molar-refractivity contribution in [1.29, 1.82) is 10.8 Å². The minimum atomic E-state index is -0.266. The number of piperidine rings is 2. The molecule has 4 heterocycles. The van der Waals surface area contributed by atoms with Crippen LogP contribution in [0.2, 0.25) is 0 Å². The van der Waals surface area contributed by atoms with Crippen molar-refractivity contribution < 1.29 is 10.4 Å². The smallest absolute Gasteiger partial charge is 0.259 e. The maximum atomic E-state index is 9.57. The summed E-state index contributed by atoms with van der Waals surface area (Å²) in [5, 5.41) is 34.5. The highest BCUT2D eigenvalue weighted by molar-refractivity contribution is 5.47. The van der Waals surface area contributed by atoms with E-state index in [1.165, 1.54) is 0 Å². The predicted octanol–water partition coefficient (Wildman–Crippen LogP) is -0.189. The highest BCUT2D eigenvalue weighted by Gasteiger charge is 2.30. The molecule has 0 unspecified atom stereocenters. The van der Waals surface area contributed by atoms with Crippen molar-refractivity contribution in [3.63, 3.8) is 0 Å². The Morgan fingerprint density at radius 1 is 0.733 bits per heavy atom. The molecule has 0 spiro atoms. The number of anilines is 4. The molecule has 12 nitrogen and oxygen atoms in total. The maximum Gasteiger partial charge on any atom is 0.259 e. The van der Waals surface area contributed by atoms with Crippen LogP contribution in [-0.2, 0) is 0 Å². The van der Waals surface area contributed by atoms with E-state index in [4.69, 9.17) is 22.3 Å². The molecule has 2 aromatic rings. The molecular weight excluding hydrogens is 388 g/mol. The fraction of sp³-hybridized carbons (Fsp3) is 0.556. The third kappa shape index (κ3) is 3.72. The van der Waals surface area contributed by atoms with Gasteiger partial charge in [-0.1, -0.05) is 0 Å². The number of nitrogens with zero attached hydrogens (tertiary/aromatic N) is 6. The van der Waals surface area contributed by atoms with E-state index in [9.17, 15) is 10.4 Å². The lowest BCUT2D eigenvalue weighted by Gasteiger charge is -2.40. The molecule has 0 aromatic carbocycles. The Kier molecular flexibility index (Phi) is 5.14. The quantitative estimate of drug-likeness (QED) is 0.372. The second-order valence-corrected chi connectivity index (χ2v) is 8.00. The Balaban J connectivity index is 1.34. The summed E-state index contributed by atoms with van der Waals surface area (Å²) in [5.41, 5.74) is 11.0. The average Bonchev–Trinajstić information content (AvgIpc) is 2.75. The summed E-state index contributed by atoms with van der Waals surface area (Å²) in [5.74, 6) is 2.74. The first-order valence-electron chi connectivity index (χ1n) is 10.1. The molecule has 2 aliphatic rings. The largest absolute Gasteiger partial charge is 0.423 e. The van der Waals surface area contributed by atoms with Crippen molar-refractivity contribution in [3.8, 4) is 0 Å². The van der Waals surface area contributed by atoms with E-state index in [-0.39, 0.29) is 22.9 Å². The molecule has 162 valence electrons.